The summed E-state index contributed by atoms with van der Waals surface area (Å²) in [5.41, 5.74) is 0.420. The Labute approximate surface area is 82.9 Å². The summed E-state index contributed by atoms with van der Waals surface area (Å²) < 4.78 is 0. The summed E-state index contributed by atoms with van der Waals surface area (Å²) in [6.07, 6.45) is 4.53. The summed E-state index contributed by atoms with van der Waals surface area (Å²) in [5, 5.41) is 0. The lowest BCUT2D eigenvalue weighted by Crippen LogP contribution is -2.12. The van der Waals surface area contributed by atoms with Crippen molar-refractivity contribution in [2.75, 3.05) is 0 Å². The molecule has 0 spiro atoms. The van der Waals surface area contributed by atoms with Crippen LogP contribution in [-0.2, 0) is 4.79 Å². The number of hydrogen-bond donors (Lipinski definition) is 0. The molecule has 0 amide bonds. The van der Waals surface area contributed by atoms with Crippen LogP contribution in [0.5, 0.6) is 0 Å². The van der Waals surface area contributed by atoms with Crippen LogP contribution >= 0.6 is 0 Å². The van der Waals surface area contributed by atoms with Gasteiger partial charge in [-0.25, -0.2) is 0 Å². The molecule has 0 aliphatic rings. The molecule has 78 valence electrons. The number of rotatable bonds is 5. The lowest BCUT2D eigenvalue weighted by Gasteiger charge is -2.23. The first kappa shape index (κ1) is 12.7. The predicted octanol–water partition coefficient (Wildman–Crippen LogP) is 3.67. The minimum atomic E-state index is 0.238. The van der Waals surface area contributed by atoms with Crippen molar-refractivity contribution in [2.45, 2.75) is 53.9 Å². The van der Waals surface area contributed by atoms with Gasteiger partial charge in [0.25, 0.3) is 0 Å². The number of hydrogen-bond acceptors (Lipinski definition) is 1. The van der Waals surface area contributed by atoms with Crippen LogP contribution in [0.4, 0.5) is 0 Å². The molecule has 0 aliphatic carbocycles. The van der Waals surface area contributed by atoms with E-state index in [0.717, 1.165) is 18.6 Å². The molecule has 0 heterocycles. The quantitative estimate of drug-likeness (QED) is 0.596. The van der Waals surface area contributed by atoms with Crippen molar-refractivity contribution < 1.29 is 4.79 Å². The zero-order chi connectivity index (χ0) is 10.5. The zero-order valence-corrected chi connectivity index (χ0v) is 9.76. The lowest BCUT2D eigenvalue weighted by atomic mass is 9.83. The molecule has 0 saturated carbocycles. The van der Waals surface area contributed by atoms with Crippen molar-refractivity contribution in [3.05, 3.63) is 0 Å². The molecule has 1 nitrogen and oxygen atoms in total. The van der Waals surface area contributed by atoms with Crippen molar-refractivity contribution in [3.8, 4) is 0 Å². The Bertz CT molecular complexity index is 144. The molecule has 0 aromatic rings. The second-order valence-electron chi connectivity index (χ2n) is 5.56. The van der Waals surface area contributed by atoms with Gasteiger partial charge in [0.05, 0.1) is 0 Å². The van der Waals surface area contributed by atoms with Crippen molar-refractivity contribution >= 4 is 6.29 Å². The predicted molar refractivity (Wildman–Crippen MR) is 57.7 cm³/mol. The minimum absolute atomic E-state index is 0.238. The van der Waals surface area contributed by atoms with Crippen LogP contribution in [0.15, 0.2) is 0 Å². The molecule has 0 radical (unpaired) electrons. The molecule has 0 N–H and O–H groups in total. The molecular formula is C12H24O. The van der Waals surface area contributed by atoms with Gasteiger partial charge < -0.3 is 4.79 Å². The normalized spacial score (nSPS) is 16.7. The molecule has 0 bridgehead atoms. The van der Waals surface area contributed by atoms with E-state index >= 15 is 0 Å². The summed E-state index contributed by atoms with van der Waals surface area (Å²) >= 11 is 0. The third-order valence-corrected chi connectivity index (χ3v) is 2.31. The molecule has 2 atom stereocenters. The fraction of sp³-hybridized carbons (Fsp3) is 0.917. The number of carbonyl (C=O) groups excluding carboxylic acids is 1. The number of aldehydes is 1. The summed E-state index contributed by atoms with van der Waals surface area (Å²) in [5.74, 6) is 0.977. The molecular weight excluding hydrogens is 160 g/mol. The van der Waals surface area contributed by atoms with Gasteiger partial charge in [-0.1, -0.05) is 41.0 Å². The summed E-state index contributed by atoms with van der Waals surface area (Å²) in [6, 6.07) is 0. The van der Waals surface area contributed by atoms with E-state index in [9.17, 15) is 4.79 Å². The highest BCUT2D eigenvalue weighted by Crippen LogP contribution is 2.27. The van der Waals surface area contributed by atoms with Gasteiger partial charge in [0, 0.05) is 5.92 Å². The molecule has 0 aromatic carbocycles. The monoisotopic (exact) mass is 184 g/mol. The van der Waals surface area contributed by atoms with Crippen LogP contribution in [-0.4, -0.2) is 6.29 Å². The van der Waals surface area contributed by atoms with E-state index in [1.807, 2.05) is 6.92 Å². The van der Waals surface area contributed by atoms with E-state index in [4.69, 9.17) is 0 Å². The Kier molecular flexibility index (Phi) is 5.27. The molecule has 0 fully saturated rings. The molecule has 0 unspecified atom stereocenters. The van der Waals surface area contributed by atoms with Crippen molar-refractivity contribution in [1.82, 2.24) is 0 Å². The van der Waals surface area contributed by atoms with Crippen LogP contribution in [0.3, 0.4) is 0 Å². The van der Waals surface area contributed by atoms with Crippen LogP contribution in [0.2, 0.25) is 0 Å². The third kappa shape index (κ3) is 8.01. The Balaban J connectivity index is 3.63. The third-order valence-electron chi connectivity index (χ3n) is 2.31. The Morgan fingerprint density at radius 1 is 1.15 bits per heavy atom. The van der Waals surface area contributed by atoms with Crippen molar-refractivity contribution in [2.24, 2.45) is 17.3 Å². The second-order valence-corrected chi connectivity index (χ2v) is 5.56. The molecule has 0 rings (SSSR count). The van der Waals surface area contributed by atoms with Gasteiger partial charge in [-0.05, 0) is 24.2 Å². The fourth-order valence-electron chi connectivity index (χ4n) is 1.76. The first-order valence-corrected chi connectivity index (χ1v) is 5.30. The summed E-state index contributed by atoms with van der Waals surface area (Å²) in [4.78, 5) is 10.4. The average Bonchev–Trinajstić information content (AvgIpc) is 1.97. The molecule has 0 aromatic heterocycles. The van der Waals surface area contributed by atoms with Crippen molar-refractivity contribution in [3.63, 3.8) is 0 Å². The van der Waals surface area contributed by atoms with E-state index < -0.39 is 0 Å². The van der Waals surface area contributed by atoms with Gasteiger partial charge in [0.2, 0.25) is 0 Å². The van der Waals surface area contributed by atoms with Crippen LogP contribution in [0, 0.1) is 17.3 Å². The summed E-state index contributed by atoms with van der Waals surface area (Å²) in [7, 11) is 0. The first-order valence-electron chi connectivity index (χ1n) is 5.30. The van der Waals surface area contributed by atoms with E-state index in [1.165, 1.54) is 12.8 Å². The van der Waals surface area contributed by atoms with E-state index in [1.54, 1.807) is 0 Å². The maximum Gasteiger partial charge on any atom is 0.122 e. The van der Waals surface area contributed by atoms with E-state index in [-0.39, 0.29) is 5.92 Å². The van der Waals surface area contributed by atoms with Gasteiger partial charge in [0.1, 0.15) is 6.29 Å². The van der Waals surface area contributed by atoms with Gasteiger partial charge >= 0.3 is 0 Å². The number of carbonyl (C=O) groups is 1. The Hall–Kier alpha value is -0.330. The maximum absolute atomic E-state index is 10.4. The van der Waals surface area contributed by atoms with Crippen LogP contribution in [0.25, 0.3) is 0 Å². The van der Waals surface area contributed by atoms with E-state index in [2.05, 4.69) is 27.7 Å². The lowest BCUT2D eigenvalue weighted by molar-refractivity contribution is -0.110. The molecule has 1 heteroatoms. The van der Waals surface area contributed by atoms with Crippen molar-refractivity contribution in [1.29, 1.82) is 0 Å². The van der Waals surface area contributed by atoms with Gasteiger partial charge in [-0.15, -0.1) is 0 Å². The second kappa shape index (κ2) is 5.41. The van der Waals surface area contributed by atoms with Crippen LogP contribution < -0.4 is 0 Å². The highest BCUT2D eigenvalue weighted by molar-refractivity contribution is 5.52. The van der Waals surface area contributed by atoms with E-state index in [0.29, 0.717) is 5.41 Å². The van der Waals surface area contributed by atoms with Gasteiger partial charge in [-0.2, -0.15) is 0 Å². The molecule has 0 saturated heterocycles. The standard InChI is InChI=1S/C12H24O/c1-10(8-12(3,4)5)6-7-11(2)9-13/h9-11H,6-8H2,1-5H3/t10-,11-/m1/s1. The SMILES string of the molecule is C[C@H](CC[C@@H](C)C=O)CC(C)(C)C. The fourth-order valence-corrected chi connectivity index (χ4v) is 1.76. The average molecular weight is 184 g/mol. The highest BCUT2D eigenvalue weighted by atomic mass is 16.1. The Morgan fingerprint density at radius 2 is 1.69 bits per heavy atom. The van der Waals surface area contributed by atoms with Gasteiger partial charge in [0.15, 0.2) is 0 Å². The van der Waals surface area contributed by atoms with Gasteiger partial charge in [-0.3, -0.25) is 0 Å². The minimum Gasteiger partial charge on any atom is -0.303 e. The molecule has 13 heavy (non-hydrogen) atoms. The topological polar surface area (TPSA) is 17.1 Å². The molecule has 0 aliphatic heterocycles. The highest BCUT2D eigenvalue weighted by Gasteiger charge is 2.15. The maximum atomic E-state index is 10.4. The van der Waals surface area contributed by atoms with Crippen LogP contribution in [0.1, 0.15) is 53.9 Å². The summed E-state index contributed by atoms with van der Waals surface area (Å²) in [6.45, 7) is 11.1. The largest absolute Gasteiger partial charge is 0.303 e. The zero-order valence-electron chi connectivity index (χ0n) is 9.76. The smallest absolute Gasteiger partial charge is 0.122 e. The Morgan fingerprint density at radius 3 is 2.08 bits per heavy atom. The first-order chi connectivity index (χ1) is 5.85.